The van der Waals surface area contributed by atoms with Crippen LogP contribution in [0.15, 0.2) is 40.2 Å². The van der Waals surface area contributed by atoms with E-state index in [4.69, 9.17) is 4.42 Å². The number of nitrogens with zero attached hydrogens (tertiary/aromatic N) is 5. The molecule has 9 heteroatoms. The average Bonchev–Trinajstić information content (AvgIpc) is 3.13. The molecule has 0 unspecified atom stereocenters. The number of halogens is 2. The van der Waals surface area contributed by atoms with Gasteiger partial charge in [0.1, 0.15) is 5.76 Å². The van der Waals surface area contributed by atoms with Crippen molar-refractivity contribution in [2.24, 2.45) is 4.99 Å². The minimum Gasteiger partial charge on any atom is -0.469 e. The van der Waals surface area contributed by atoms with Gasteiger partial charge in [0.25, 0.3) is 0 Å². The van der Waals surface area contributed by atoms with Gasteiger partial charge < -0.3 is 19.5 Å². The van der Waals surface area contributed by atoms with Crippen molar-refractivity contribution in [3.8, 4) is 0 Å². The Balaban J connectivity index is 0.00000225. The molecule has 136 valence electrons. The lowest BCUT2D eigenvalue weighted by Crippen LogP contribution is -2.53. The predicted molar refractivity (Wildman–Crippen MR) is 105 cm³/mol. The number of rotatable bonds is 4. The number of anilines is 1. The topological polar surface area (TPSA) is 69.8 Å². The van der Waals surface area contributed by atoms with Crippen LogP contribution in [-0.4, -0.2) is 60.6 Å². The number of aliphatic imine (C=N–C) groups is 1. The number of nitrogens with one attached hydrogen (secondary N) is 1. The molecule has 0 atom stereocenters. The molecule has 1 aliphatic rings. The SMILES string of the molecule is CN=C(NCCc1ccco1)N1CCN(c2ncc(F)cn2)CC1.I. The van der Waals surface area contributed by atoms with Crippen molar-refractivity contribution in [1.82, 2.24) is 20.2 Å². The van der Waals surface area contributed by atoms with Gasteiger partial charge in [-0.2, -0.15) is 0 Å². The number of hydrogen-bond acceptors (Lipinski definition) is 5. The molecule has 7 nitrogen and oxygen atoms in total. The van der Waals surface area contributed by atoms with Crippen molar-refractivity contribution in [1.29, 1.82) is 0 Å². The maximum Gasteiger partial charge on any atom is 0.225 e. The molecule has 2 aromatic heterocycles. The standard InChI is InChI=1S/C16H21FN6O.HI/c1-18-15(19-5-4-14-3-2-10-24-14)22-6-8-23(9-7-22)16-20-11-13(17)12-21-16;/h2-3,10-12H,4-9H2,1H3,(H,18,19);1H. The molecule has 0 saturated carbocycles. The fourth-order valence-corrected chi connectivity index (χ4v) is 2.67. The first-order valence-electron chi connectivity index (χ1n) is 7.97. The molecular formula is C16H22FIN6O. The number of guanidine groups is 1. The second kappa shape index (κ2) is 9.54. The summed E-state index contributed by atoms with van der Waals surface area (Å²) in [7, 11) is 1.78. The normalized spacial score (nSPS) is 15.0. The van der Waals surface area contributed by atoms with Crippen LogP contribution in [0.2, 0.25) is 0 Å². The molecular weight excluding hydrogens is 438 g/mol. The fraction of sp³-hybridized carbons (Fsp3) is 0.438. The van der Waals surface area contributed by atoms with Crippen LogP contribution in [-0.2, 0) is 6.42 Å². The lowest BCUT2D eigenvalue weighted by Gasteiger charge is -2.36. The highest BCUT2D eigenvalue weighted by atomic mass is 127. The van der Waals surface area contributed by atoms with Crippen molar-refractivity contribution < 1.29 is 8.81 Å². The molecule has 1 aliphatic heterocycles. The molecule has 25 heavy (non-hydrogen) atoms. The van der Waals surface area contributed by atoms with E-state index in [1.807, 2.05) is 17.0 Å². The largest absolute Gasteiger partial charge is 0.469 e. The predicted octanol–water partition coefficient (Wildman–Crippen LogP) is 1.77. The molecule has 1 N–H and O–H groups in total. The Kier molecular flexibility index (Phi) is 7.41. The van der Waals surface area contributed by atoms with Crippen LogP contribution < -0.4 is 10.2 Å². The van der Waals surface area contributed by atoms with E-state index >= 15 is 0 Å². The lowest BCUT2D eigenvalue weighted by atomic mass is 10.3. The summed E-state index contributed by atoms with van der Waals surface area (Å²) in [6.07, 6.45) is 4.89. The molecule has 1 fully saturated rings. The Morgan fingerprint density at radius 2 is 2.00 bits per heavy atom. The summed E-state index contributed by atoms with van der Waals surface area (Å²) in [5.41, 5.74) is 0. The molecule has 0 bridgehead atoms. The quantitative estimate of drug-likeness (QED) is 0.426. The Labute approximate surface area is 163 Å². The fourth-order valence-electron chi connectivity index (χ4n) is 2.67. The minimum atomic E-state index is -0.418. The van der Waals surface area contributed by atoms with Crippen molar-refractivity contribution in [2.45, 2.75) is 6.42 Å². The van der Waals surface area contributed by atoms with Crippen molar-refractivity contribution >= 4 is 35.9 Å². The Morgan fingerprint density at radius 1 is 1.28 bits per heavy atom. The van der Waals surface area contributed by atoms with Gasteiger partial charge in [0, 0.05) is 46.2 Å². The Hall–Kier alpha value is -1.91. The summed E-state index contributed by atoms with van der Waals surface area (Å²) < 4.78 is 18.2. The number of furan rings is 1. The summed E-state index contributed by atoms with van der Waals surface area (Å²) in [6, 6.07) is 3.85. The highest BCUT2D eigenvalue weighted by molar-refractivity contribution is 14.0. The number of hydrogen-bond donors (Lipinski definition) is 1. The van der Waals surface area contributed by atoms with E-state index in [0.29, 0.717) is 5.95 Å². The first-order valence-corrected chi connectivity index (χ1v) is 7.97. The van der Waals surface area contributed by atoms with E-state index in [1.165, 1.54) is 12.4 Å². The molecule has 0 radical (unpaired) electrons. The van der Waals surface area contributed by atoms with Gasteiger partial charge in [-0.05, 0) is 12.1 Å². The summed E-state index contributed by atoms with van der Waals surface area (Å²) in [4.78, 5) is 16.7. The third-order valence-electron chi connectivity index (χ3n) is 3.92. The maximum atomic E-state index is 12.9. The zero-order chi connectivity index (χ0) is 16.8. The molecule has 0 amide bonds. The van der Waals surface area contributed by atoms with Crippen LogP contribution in [0.4, 0.5) is 10.3 Å². The van der Waals surface area contributed by atoms with Crippen LogP contribution in [0.1, 0.15) is 5.76 Å². The van der Waals surface area contributed by atoms with Gasteiger partial charge in [-0.15, -0.1) is 24.0 Å². The van der Waals surface area contributed by atoms with Crippen molar-refractivity contribution in [3.05, 3.63) is 42.4 Å². The highest BCUT2D eigenvalue weighted by Gasteiger charge is 2.21. The van der Waals surface area contributed by atoms with Crippen LogP contribution >= 0.6 is 24.0 Å². The zero-order valence-electron chi connectivity index (χ0n) is 14.1. The van der Waals surface area contributed by atoms with Gasteiger partial charge >= 0.3 is 0 Å². The molecule has 3 rings (SSSR count). The second-order valence-electron chi connectivity index (χ2n) is 5.48. The average molecular weight is 460 g/mol. The zero-order valence-corrected chi connectivity index (χ0v) is 16.4. The molecule has 0 aromatic carbocycles. The van der Waals surface area contributed by atoms with Crippen LogP contribution in [0.3, 0.4) is 0 Å². The van der Waals surface area contributed by atoms with Crippen LogP contribution in [0, 0.1) is 5.82 Å². The molecule has 3 heterocycles. The third kappa shape index (κ3) is 5.28. The van der Waals surface area contributed by atoms with Crippen molar-refractivity contribution in [2.75, 3.05) is 44.7 Å². The molecule has 1 saturated heterocycles. The first kappa shape index (κ1) is 19.4. The van der Waals surface area contributed by atoms with Crippen molar-refractivity contribution in [3.63, 3.8) is 0 Å². The highest BCUT2D eigenvalue weighted by Crippen LogP contribution is 2.10. The van der Waals surface area contributed by atoms with Gasteiger partial charge in [0.15, 0.2) is 11.8 Å². The van der Waals surface area contributed by atoms with Gasteiger partial charge in [0.05, 0.1) is 18.7 Å². The van der Waals surface area contributed by atoms with E-state index in [2.05, 4.69) is 25.2 Å². The summed E-state index contributed by atoms with van der Waals surface area (Å²) >= 11 is 0. The van der Waals surface area contributed by atoms with E-state index < -0.39 is 5.82 Å². The summed E-state index contributed by atoms with van der Waals surface area (Å²) in [5.74, 6) is 1.98. The van der Waals surface area contributed by atoms with Gasteiger partial charge in [-0.25, -0.2) is 14.4 Å². The van der Waals surface area contributed by atoms with Gasteiger partial charge in [0.2, 0.25) is 5.95 Å². The summed E-state index contributed by atoms with van der Waals surface area (Å²) in [6.45, 7) is 3.92. The second-order valence-corrected chi connectivity index (χ2v) is 5.48. The maximum absolute atomic E-state index is 12.9. The lowest BCUT2D eigenvalue weighted by molar-refractivity contribution is 0.369. The monoisotopic (exact) mass is 460 g/mol. The van der Waals surface area contributed by atoms with Gasteiger partial charge in [-0.3, -0.25) is 4.99 Å². The number of piperazine rings is 1. The van der Waals surface area contributed by atoms with Gasteiger partial charge in [-0.1, -0.05) is 0 Å². The molecule has 0 spiro atoms. The first-order chi connectivity index (χ1) is 11.8. The van der Waals surface area contributed by atoms with E-state index in [0.717, 1.165) is 50.9 Å². The molecule has 2 aromatic rings. The van der Waals surface area contributed by atoms with E-state index in [9.17, 15) is 4.39 Å². The van der Waals surface area contributed by atoms with E-state index in [1.54, 1.807) is 13.3 Å². The van der Waals surface area contributed by atoms with E-state index in [-0.39, 0.29) is 24.0 Å². The summed E-state index contributed by atoms with van der Waals surface area (Å²) in [5, 5.41) is 3.36. The van der Waals surface area contributed by atoms with Crippen LogP contribution in [0.5, 0.6) is 0 Å². The smallest absolute Gasteiger partial charge is 0.225 e. The number of aromatic nitrogens is 2. The Morgan fingerprint density at radius 3 is 2.60 bits per heavy atom. The Bertz CT molecular complexity index is 656. The third-order valence-corrected chi connectivity index (χ3v) is 3.92. The minimum absolute atomic E-state index is 0. The van der Waals surface area contributed by atoms with Crippen LogP contribution in [0.25, 0.3) is 0 Å². The molecule has 0 aliphatic carbocycles.